The van der Waals surface area contributed by atoms with Crippen molar-refractivity contribution in [1.82, 2.24) is 4.90 Å². The van der Waals surface area contributed by atoms with Crippen molar-refractivity contribution >= 4 is 0 Å². The van der Waals surface area contributed by atoms with E-state index in [1.165, 1.54) is 12.8 Å². The van der Waals surface area contributed by atoms with Crippen LogP contribution in [-0.2, 0) is 0 Å². The minimum Gasteiger partial charge on any atom is -0.468 e. The monoisotopic (exact) mass is 209 g/mol. The second kappa shape index (κ2) is 4.81. The number of piperidine rings is 1. The molecule has 2 rings (SSSR count). The topological polar surface area (TPSA) is 36.6 Å². The Kier molecular flexibility index (Phi) is 3.44. The van der Waals surface area contributed by atoms with Crippen LogP contribution in [0.5, 0.6) is 0 Å². The fraction of sp³-hybridized carbons (Fsp3) is 0.667. The van der Waals surface area contributed by atoms with Gasteiger partial charge in [-0.25, -0.2) is 0 Å². The quantitative estimate of drug-likeness (QED) is 0.829. The van der Waals surface area contributed by atoms with Crippen LogP contribution in [0, 0.1) is 0 Å². The van der Waals surface area contributed by atoms with Crippen molar-refractivity contribution in [3.63, 3.8) is 0 Å². The van der Waals surface area contributed by atoms with Gasteiger partial charge in [-0.1, -0.05) is 6.42 Å². The molecule has 1 saturated heterocycles. The van der Waals surface area contributed by atoms with Crippen molar-refractivity contribution in [3.8, 4) is 0 Å². The number of furan rings is 1. The second-order valence-electron chi connectivity index (χ2n) is 4.26. The zero-order valence-corrected chi connectivity index (χ0v) is 9.22. The van der Waals surface area contributed by atoms with Crippen LogP contribution in [-0.4, -0.2) is 29.2 Å². The largest absolute Gasteiger partial charge is 0.468 e. The molecule has 1 fully saturated rings. The maximum atomic E-state index is 9.34. The summed E-state index contributed by atoms with van der Waals surface area (Å²) in [5, 5.41) is 9.34. The minimum atomic E-state index is 0.255. The zero-order chi connectivity index (χ0) is 10.7. The molecule has 0 aromatic carbocycles. The molecule has 84 valence electrons. The van der Waals surface area contributed by atoms with Crippen LogP contribution in [0.1, 0.15) is 38.0 Å². The highest BCUT2D eigenvalue weighted by atomic mass is 16.3. The Labute approximate surface area is 90.7 Å². The van der Waals surface area contributed by atoms with Gasteiger partial charge in [0.05, 0.1) is 18.9 Å². The molecule has 2 heterocycles. The van der Waals surface area contributed by atoms with Gasteiger partial charge in [0.2, 0.25) is 0 Å². The summed E-state index contributed by atoms with van der Waals surface area (Å²) in [4.78, 5) is 2.35. The van der Waals surface area contributed by atoms with Gasteiger partial charge in [0.25, 0.3) is 0 Å². The standard InChI is InChI=1S/C12H19NO2/c1-10(12-6-4-8-15-12)13-7-3-2-5-11(13)9-14/h4,6,8,10-11,14H,2-3,5,7,9H2,1H3. The number of aliphatic hydroxyl groups is 1. The summed E-state index contributed by atoms with van der Waals surface area (Å²) in [5.41, 5.74) is 0. The molecule has 1 aromatic rings. The first kappa shape index (κ1) is 10.7. The van der Waals surface area contributed by atoms with E-state index < -0.39 is 0 Å². The van der Waals surface area contributed by atoms with E-state index in [0.717, 1.165) is 18.7 Å². The van der Waals surface area contributed by atoms with E-state index in [0.29, 0.717) is 6.04 Å². The molecular formula is C12H19NO2. The summed E-state index contributed by atoms with van der Waals surface area (Å²) in [6.07, 6.45) is 5.26. The van der Waals surface area contributed by atoms with E-state index in [1.807, 2.05) is 12.1 Å². The van der Waals surface area contributed by atoms with Gasteiger partial charge < -0.3 is 9.52 Å². The summed E-state index contributed by atoms with van der Waals surface area (Å²) >= 11 is 0. The van der Waals surface area contributed by atoms with Crippen molar-refractivity contribution in [2.45, 2.75) is 38.3 Å². The van der Waals surface area contributed by atoms with E-state index >= 15 is 0 Å². The Hall–Kier alpha value is -0.800. The van der Waals surface area contributed by atoms with Gasteiger partial charge in [-0.2, -0.15) is 0 Å². The predicted molar refractivity (Wildman–Crippen MR) is 58.6 cm³/mol. The Morgan fingerprint density at radius 1 is 1.60 bits per heavy atom. The Bertz CT molecular complexity index is 284. The molecule has 0 radical (unpaired) electrons. The average Bonchev–Trinajstić information content (AvgIpc) is 2.81. The lowest BCUT2D eigenvalue weighted by Crippen LogP contribution is -2.43. The summed E-state index contributed by atoms with van der Waals surface area (Å²) in [6, 6.07) is 4.51. The fourth-order valence-corrected chi connectivity index (χ4v) is 2.42. The first-order chi connectivity index (χ1) is 7.33. The van der Waals surface area contributed by atoms with E-state index in [4.69, 9.17) is 4.42 Å². The third-order valence-corrected chi connectivity index (χ3v) is 3.34. The van der Waals surface area contributed by atoms with Crippen molar-refractivity contribution in [2.24, 2.45) is 0 Å². The summed E-state index contributed by atoms with van der Waals surface area (Å²) < 4.78 is 5.42. The lowest BCUT2D eigenvalue weighted by Gasteiger charge is -2.38. The summed E-state index contributed by atoms with van der Waals surface area (Å²) in [6.45, 7) is 3.46. The van der Waals surface area contributed by atoms with Crippen LogP contribution < -0.4 is 0 Å². The van der Waals surface area contributed by atoms with Crippen LogP contribution in [0.25, 0.3) is 0 Å². The number of likely N-dealkylation sites (tertiary alicyclic amines) is 1. The highest BCUT2D eigenvalue weighted by Gasteiger charge is 2.27. The number of nitrogens with zero attached hydrogens (tertiary/aromatic N) is 1. The Balaban J connectivity index is 2.07. The van der Waals surface area contributed by atoms with Crippen molar-refractivity contribution in [2.75, 3.05) is 13.2 Å². The summed E-state index contributed by atoms with van der Waals surface area (Å²) in [7, 11) is 0. The molecule has 1 N–H and O–H groups in total. The molecule has 1 aliphatic rings. The lowest BCUT2D eigenvalue weighted by molar-refractivity contribution is 0.0511. The highest BCUT2D eigenvalue weighted by Crippen LogP contribution is 2.28. The normalized spacial score (nSPS) is 25.3. The van der Waals surface area contributed by atoms with Crippen LogP contribution in [0.2, 0.25) is 0 Å². The van der Waals surface area contributed by atoms with Gasteiger partial charge in [0.1, 0.15) is 5.76 Å². The molecule has 0 spiro atoms. The molecule has 3 nitrogen and oxygen atoms in total. The molecule has 2 unspecified atom stereocenters. The molecule has 0 saturated carbocycles. The van der Waals surface area contributed by atoms with Gasteiger partial charge in [-0.15, -0.1) is 0 Å². The molecule has 3 heteroatoms. The maximum absolute atomic E-state index is 9.34. The third-order valence-electron chi connectivity index (χ3n) is 3.34. The maximum Gasteiger partial charge on any atom is 0.120 e. The second-order valence-corrected chi connectivity index (χ2v) is 4.26. The summed E-state index contributed by atoms with van der Waals surface area (Å²) in [5.74, 6) is 0.996. The van der Waals surface area contributed by atoms with Crippen LogP contribution >= 0.6 is 0 Å². The van der Waals surface area contributed by atoms with Crippen LogP contribution in [0.3, 0.4) is 0 Å². The van der Waals surface area contributed by atoms with Gasteiger partial charge in [0.15, 0.2) is 0 Å². The first-order valence-corrected chi connectivity index (χ1v) is 5.73. The molecule has 0 bridgehead atoms. The molecule has 2 atom stereocenters. The van der Waals surface area contributed by atoms with E-state index in [9.17, 15) is 5.11 Å². The molecule has 0 aliphatic carbocycles. The SMILES string of the molecule is CC(c1ccco1)N1CCCCC1CO. The van der Waals surface area contributed by atoms with Gasteiger partial charge >= 0.3 is 0 Å². The van der Waals surface area contributed by atoms with Crippen LogP contribution in [0.4, 0.5) is 0 Å². The predicted octanol–water partition coefficient (Wildman–Crippen LogP) is 2.19. The highest BCUT2D eigenvalue weighted by molar-refractivity contribution is 5.04. The molecule has 1 aromatic heterocycles. The molecule has 0 amide bonds. The fourth-order valence-electron chi connectivity index (χ4n) is 2.42. The van der Waals surface area contributed by atoms with E-state index in [-0.39, 0.29) is 12.6 Å². The smallest absolute Gasteiger partial charge is 0.120 e. The first-order valence-electron chi connectivity index (χ1n) is 5.73. The number of hydrogen-bond acceptors (Lipinski definition) is 3. The minimum absolute atomic E-state index is 0.255. The lowest BCUT2D eigenvalue weighted by atomic mass is 10.00. The Morgan fingerprint density at radius 3 is 3.13 bits per heavy atom. The number of aliphatic hydroxyl groups excluding tert-OH is 1. The third kappa shape index (κ3) is 2.24. The van der Waals surface area contributed by atoms with Crippen molar-refractivity contribution in [3.05, 3.63) is 24.2 Å². The van der Waals surface area contributed by atoms with E-state index in [1.54, 1.807) is 6.26 Å². The number of hydrogen-bond donors (Lipinski definition) is 1. The van der Waals surface area contributed by atoms with Gasteiger partial charge in [0, 0.05) is 6.04 Å². The van der Waals surface area contributed by atoms with E-state index in [2.05, 4.69) is 11.8 Å². The average molecular weight is 209 g/mol. The molecular weight excluding hydrogens is 190 g/mol. The Morgan fingerprint density at radius 2 is 2.47 bits per heavy atom. The molecule has 15 heavy (non-hydrogen) atoms. The zero-order valence-electron chi connectivity index (χ0n) is 9.22. The van der Waals surface area contributed by atoms with Gasteiger partial charge in [-0.3, -0.25) is 4.90 Å². The van der Waals surface area contributed by atoms with Gasteiger partial charge in [-0.05, 0) is 38.4 Å². The number of rotatable bonds is 3. The van der Waals surface area contributed by atoms with Crippen molar-refractivity contribution in [1.29, 1.82) is 0 Å². The van der Waals surface area contributed by atoms with Crippen LogP contribution in [0.15, 0.2) is 22.8 Å². The van der Waals surface area contributed by atoms with Crippen molar-refractivity contribution < 1.29 is 9.52 Å². The molecule has 1 aliphatic heterocycles.